The largest absolute Gasteiger partial charge is 0.497 e. The maximum Gasteiger partial charge on any atom is 0.118 e. The van der Waals surface area contributed by atoms with Crippen LogP contribution in [-0.2, 0) is 0 Å². The van der Waals surface area contributed by atoms with Crippen molar-refractivity contribution < 1.29 is 4.74 Å². The number of fused-ring (bicyclic) bond motifs is 2. The number of hydrogen-bond acceptors (Lipinski definition) is 3. The van der Waals surface area contributed by atoms with Gasteiger partial charge in [-0.2, -0.15) is 0 Å². The van der Waals surface area contributed by atoms with E-state index in [0.29, 0.717) is 0 Å². The minimum absolute atomic E-state index is 0.224. The van der Waals surface area contributed by atoms with Gasteiger partial charge in [0.1, 0.15) is 5.75 Å². The van der Waals surface area contributed by atoms with Crippen molar-refractivity contribution in [1.29, 1.82) is 0 Å². The highest BCUT2D eigenvalue weighted by molar-refractivity contribution is 9.17. The predicted octanol–water partition coefficient (Wildman–Crippen LogP) is 5.21. The number of hydrogen-bond donors (Lipinski definition) is 0. The minimum Gasteiger partial charge on any atom is -0.497 e. The summed E-state index contributed by atoms with van der Waals surface area (Å²) in [4.78, 5) is 4.28. The standard InChI is InChI=1S/C16H12OS3/c1-17-12-8-6-11(7-9-12)15-10-16-13-4-2-3-5-14(13)18-20(16)19-15/h2-10H,1H3. The highest BCUT2D eigenvalue weighted by atomic mass is 33.5. The first kappa shape index (κ1) is 12.6. The molecule has 4 heteroatoms. The molecule has 2 heterocycles. The second-order valence-electron chi connectivity index (χ2n) is 4.50. The van der Waals surface area contributed by atoms with Crippen molar-refractivity contribution in [3.63, 3.8) is 0 Å². The Hall–Kier alpha value is -1.10. The lowest BCUT2D eigenvalue weighted by atomic mass is 10.1. The summed E-state index contributed by atoms with van der Waals surface area (Å²) in [5.74, 6) is 0.910. The summed E-state index contributed by atoms with van der Waals surface area (Å²) in [7, 11) is 5.89. The van der Waals surface area contributed by atoms with E-state index in [1.165, 1.54) is 25.8 Å². The van der Waals surface area contributed by atoms with E-state index in [1.807, 2.05) is 33.7 Å². The van der Waals surface area contributed by atoms with E-state index in [2.05, 4.69) is 42.5 Å². The molecule has 0 amide bonds. The lowest BCUT2D eigenvalue weighted by Gasteiger charge is -2.06. The molecule has 0 N–H and O–H groups in total. The van der Waals surface area contributed by atoms with E-state index in [9.17, 15) is 0 Å². The van der Waals surface area contributed by atoms with Gasteiger partial charge in [-0.05, 0) is 29.8 Å². The fraction of sp³-hybridized carbons (Fsp3) is 0.0625. The zero-order chi connectivity index (χ0) is 13.5. The fourth-order valence-corrected chi connectivity index (χ4v) is 9.25. The molecular formula is C16H12OS3. The summed E-state index contributed by atoms with van der Waals surface area (Å²) in [6.45, 7) is 0. The van der Waals surface area contributed by atoms with Crippen LogP contribution in [0, 0.1) is 0 Å². The number of rotatable bonds is 2. The molecule has 0 spiro atoms. The monoisotopic (exact) mass is 316 g/mol. The molecule has 1 nitrogen and oxygen atoms in total. The highest BCUT2D eigenvalue weighted by Crippen LogP contribution is 2.63. The second kappa shape index (κ2) is 5.02. The van der Waals surface area contributed by atoms with Crippen LogP contribution in [0.2, 0.25) is 0 Å². The van der Waals surface area contributed by atoms with Gasteiger partial charge in [0.05, 0.1) is 7.11 Å². The molecule has 0 aliphatic carbocycles. The molecule has 0 fully saturated rings. The topological polar surface area (TPSA) is 9.23 Å². The molecule has 0 bridgehead atoms. The van der Waals surface area contributed by atoms with Crippen LogP contribution in [0.1, 0.15) is 11.1 Å². The molecule has 2 aliphatic heterocycles. The van der Waals surface area contributed by atoms with Gasteiger partial charge in [-0.1, -0.05) is 60.5 Å². The third-order valence-corrected chi connectivity index (χ3v) is 9.66. The molecule has 0 saturated carbocycles. The minimum atomic E-state index is 0.224. The van der Waals surface area contributed by atoms with Gasteiger partial charge in [0.2, 0.25) is 0 Å². The van der Waals surface area contributed by atoms with Crippen molar-refractivity contribution in [3.8, 4) is 5.75 Å². The average molecular weight is 316 g/mol. The van der Waals surface area contributed by atoms with Gasteiger partial charge in [0, 0.05) is 20.2 Å². The first-order chi connectivity index (χ1) is 9.85. The van der Waals surface area contributed by atoms with E-state index in [0.717, 1.165) is 5.75 Å². The van der Waals surface area contributed by atoms with Gasteiger partial charge in [0.25, 0.3) is 0 Å². The van der Waals surface area contributed by atoms with Crippen LogP contribution < -0.4 is 4.74 Å². The fourth-order valence-electron chi connectivity index (χ4n) is 2.26. The first-order valence-electron chi connectivity index (χ1n) is 6.28. The van der Waals surface area contributed by atoms with Crippen molar-refractivity contribution in [2.24, 2.45) is 0 Å². The Labute approximate surface area is 128 Å². The van der Waals surface area contributed by atoms with E-state index in [-0.39, 0.29) is 8.55 Å². The van der Waals surface area contributed by atoms with Crippen LogP contribution in [0.5, 0.6) is 5.75 Å². The van der Waals surface area contributed by atoms with Crippen molar-refractivity contribution in [2.45, 2.75) is 4.90 Å². The average Bonchev–Trinajstić information content (AvgIpc) is 3.05. The normalized spacial score (nSPS) is 19.6. The molecule has 0 aromatic heterocycles. The smallest absolute Gasteiger partial charge is 0.118 e. The summed E-state index contributed by atoms with van der Waals surface area (Å²) in [6, 6.07) is 17.0. The zero-order valence-electron chi connectivity index (χ0n) is 10.8. The van der Waals surface area contributed by atoms with Gasteiger partial charge >= 0.3 is 0 Å². The highest BCUT2D eigenvalue weighted by Gasteiger charge is 2.26. The Kier molecular flexibility index (Phi) is 3.17. The van der Waals surface area contributed by atoms with Crippen LogP contribution in [0.3, 0.4) is 0 Å². The molecule has 2 aromatic rings. The van der Waals surface area contributed by atoms with Crippen molar-refractivity contribution in [2.75, 3.05) is 7.11 Å². The number of allylic oxidation sites excluding steroid dienone is 1. The molecule has 0 saturated heterocycles. The molecular weight excluding hydrogens is 304 g/mol. The Morgan fingerprint density at radius 2 is 1.75 bits per heavy atom. The molecule has 2 aliphatic rings. The SMILES string of the molecule is COc1ccc(C2=CC3=S(S2)Sc2ccccc23)cc1. The molecule has 1 unspecified atom stereocenters. The van der Waals surface area contributed by atoms with E-state index in [1.54, 1.807) is 7.11 Å². The van der Waals surface area contributed by atoms with Gasteiger partial charge in [-0.3, -0.25) is 0 Å². The second-order valence-corrected chi connectivity index (χ2v) is 10.3. The van der Waals surface area contributed by atoms with Gasteiger partial charge in [0.15, 0.2) is 0 Å². The molecule has 2 aromatic carbocycles. The molecule has 0 radical (unpaired) electrons. The van der Waals surface area contributed by atoms with Crippen LogP contribution >= 0.6 is 30.1 Å². The predicted molar refractivity (Wildman–Crippen MR) is 92.6 cm³/mol. The first-order valence-corrected chi connectivity index (χ1v) is 10.2. The van der Waals surface area contributed by atoms with Gasteiger partial charge < -0.3 is 4.74 Å². The third-order valence-electron chi connectivity index (χ3n) is 3.30. The lowest BCUT2D eigenvalue weighted by molar-refractivity contribution is 0.415. The Morgan fingerprint density at radius 1 is 0.950 bits per heavy atom. The van der Waals surface area contributed by atoms with Crippen molar-refractivity contribution in [1.82, 2.24) is 0 Å². The maximum atomic E-state index is 5.22. The van der Waals surface area contributed by atoms with E-state index in [4.69, 9.17) is 4.74 Å². The van der Waals surface area contributed by atoms with Crippen LogP contribution in [0.4, 0.5) is 0 Å². The van der Waals surface area contributed by atoms with Crippen LogP contribution in [0.15, 0.2) is 59.5 Å². The molecule has 1 atom stereocenters. The van der Waals surface area contributed by atoms with Gasteiger partial charge in [-0.25, -0.2) is 0 Å². The summed E-state index contributed by atoms with van der Waals surface area (Å²) in [5, 5.41) is 0. The number of benzene rings is 2. The summed E-state index contributed by atoms with van der Waals surface area (Å²) >= 11 is 0. The third kappa shape index (κ3) is 2.03. The molecule has 100 valence electrons. The van der Waals surface area contributed by atoms with Crippen molar-refractivity contribution in [3.05, 3.63) is 65.7 Å². The molecule has 4 rings (SSSR count). The molecule has 20 heavy (non-hydrogen) atoms. The van der Waals surface area contributed by atoms with Crippen LogP contribution in [0.25, 0.3) is 4.91 Å². The maximum absolute atomic E-state index is 5.22. The Morgan fingerprint density at radius 3 is 2.55 bits per heavy atom. The number of ether oxygens (including phenoxy) is 1. The van der Waals surface area contributed by atoms with E-state index >= 15 is 0 Å². The van der Waals surface area contributed by atoms with Crippen LogP contribution in [-0.4, -0.2) is 12.0 Å². The van der Waals surface area contributed by atoms with Crippen molar-refractivity contribution >= 4 is 39.9 Å². The summed E-state index contributed by atoms with van der Waals surface area (Å²) in [5.41, 5.74) is 2.69. The summed E-state index contributed by atoms with van der Waals surface area (Å²) in [6.07, 6.45) is 2.36. The number of methoxy groups -OCH3 is 1. The quantitative estimate of drug-likeness (QED) is 0.556. The lowest BCUT2D eigenvalue weighted by Crippen LogP contribution is -1.91. The van der Waals surface area contributed by atoms with Gasteiger partial charge in [-0.15, -0.1) is 0 Å². The Balaban J connectivity index is 1.68. The zero-order valence-corrected chi connectivity index (χ0v) is 13.3. The summed E-state index contributed by atoms with van der Waals surface area (Å²) < 4.78 is 5.22. The van der Waals surface area contributed by atoms with E-state index < -0.39 is 0 Å². The Bertz CT molecular complexity index is 745.